The molecule has 1 aromatic rings. The van der Waals surface area contributed by atoms with Crippen LogP contribution in [0.15, 0.2) is 12.3 Å². The first-order chi connectivity index (χ1) is 6.68. The second kappa shape index (κ2) is 3.29. The predicted molar refractivity (Wildman–Crippen MR) is 51.5 cm³/mol. The summed E-state index contributed by atoms with van der Waals surface area (Å²) in [6, 6.07) is 1.77. The number of aromatic nitrogens is 1. The summed E-state index contributed by atoms with van der Waals surface area (Å²) in [5, 5.41) is 0. The highest BCUT2D eigenvalue weighted by Crippen LogP contribution is 2.35. The summed E-state index contributed by atoms with van der Waals surface area (Å²) < 4.78 is 5.14. The van der Waals surface area contributed by atoms with Gasteiger partial charge in [0.15, 0.2) is 0 Å². The number of hydrogen-bond donors (Lipinski definition) is 1. The number of esters is 1. The molecule has 4 heteroatoms. The minimum atomic E-state index is -0.271. The van der Waals surface area contributed by atoms with Crippen LogP contribution in [-0.2, 0) is 16.0 Å². The van der Waals surface area contributed by atoms with Gasteiger partial charge in [0, 0.05) is 24.4 Å². The molecule has 2 rings (SSSR count). The highest BCUT2D eigenvalue weighted by molar-refractivity contribution is 5.66. The molecule has 0 aliphatic heterocycles. The van der Waals surface area contributed by atoms with Gasteiger partial charge in [0.2, 0.25) is 0 Å². The maximum atomic E-state index is 10.8. The Labute approximate surface area is 82.1 Å². The van der Waals surface area contributed by atoms with Gasteiger partial charge < -0.3 is 10.5 Å². The molecule has 1 unspecified atom stereocenters. The molecular formula is C10H12N2O2. The van der Waals surface area contributed by atoms with Crippen molar-refractivity contribution in [2.24, 2.45) is 0 Å². The van der Waals surface area contributed by atoms with E-state index >= 15 is 0 Å². The van der Waals surface area contributed by atoms with Crippen LogP contribution in [0.2, 0.25) is 0 Å². The standard InChI is InChI=1S/C10H12N2O2/c1-6(13)14-9-3-2-7-8(11)4-5-12-10(7)9/h4-5,9H,2-3H2,1H3,(H2,11,12). The van der Waals surface area contributed by atoms with Crippen molar-refractivity contribution in [3.8, 4) is 0 Å². The van der Waals surface area contributed by atoms with E-state index in [-0.39, 0.29) is 12.1 Å². The Kier molecular flexibility index (Phi) is 2.11. The summed E-state index contributed by atoms with van der Waals surface area (Å²) in [6.45, 7) is 1.41. The Morgan fingerprint density at radius 3 is 3.21 bits per heavy atom. The van der Waals surface area contributed by atoms with Gasteiger partial charge in [0.25, 0.3) is 0 Å². The van der Waals surface area contributed by atoms with Gasteiger partial charge in [-0.25, -0.2) is 0 Å². The molecule has 1 atom stereocenters. The lowest BCUT2D eigenvalue weighted by atomic mass is 10.2. The van der Waals surface area contributed by atoms with Crippen molar-refractivity contribution in [3.05, 3.63) is 23.5 Å². The first kappa shape index (κ1) is 8.99. The molecule has 0 radical (unpaired) electrons. The van der Waals surface area contributed by atoms with Crippen molar-refractivity contribution in [1.82, 2.24) is 4.98 Å². The van der Waals surface area contributed by atoms with E-state index in [2.05, 4.69) is 4.98 Å². The average Bonchev–Trinajstić information content (AvgIpc) is 2.49. The Morgan fingerprint density at radius 1 is 1.71 bits per heavy atom. The van der Waals surface area contributed by atoms with E-state index in [9.17, 15) is 4.79 Å². The number of pyridine rings is 1. The first-order valence-corrected chi connectivity index (χ1v) is 4.59. The SMILES string of the molecule is CC(=O)OC1CCc2c(N)ccnc21. The average molecular weight is 192 g/mol. The summed E-state index contributed by atoms with van der Waals surface area (Å²) in [5.74, 6) is -0.271. The van der Waals surface area contributed by atoms with Gasteiger partial charge in [0.1, 0.15) is 6.10 Å². The second-order valence-electron chi connectivity index (χ2n) is 3.40. The number of carbonyl (C=O) groups is 1. The quantitative estimate of drug-likeness (QED) is 0.679. The molecule has 0 fully saturated rings. The highest BCUT2D eigenvalue weighted by atomic mass is 16.5. The molecule has 14 heavy (non-hydrogen) atoms. The van der Waals surface area contributed by atoms with Crippen LogP contribution in [0.4, 0.5) is 5.69 Å². The largest absolute Gasteiger partial charge is 0.456 e. The molecule has 4 nitrogen and oxygen atoms in total. The third-order valence-corrected chi connectivity index (χ3v) is 2.40. The number of anilines is 1. The van der Waals surface area contributed by atoms with E-state index < -0.39 is 0 Å². The fourth-order valence-corrected chi connectivity index (χ4v) is 1.80. The van der Waals surface area contributed by atoms with Crippen LogP contribution in [0.3, 0.4) is 0 Å². The molecular weight excluding hydrogens is 180 g/mol. The number of fused-ring (bicyclic) bond motifs is 1. The smallest absolute Gasteiger partial charge is 0.303 e. The van der Waals surface area contributed by atoms with E-state index in [1.54, 1.807) is 12.3 Å². The van der Waals surface area contributed by atoms with Crippen molar-refractivity contribution >= 4 is 11.7 Å². The lowest BCUT2D eigenvalue weighted by Crippen LogP contribution is -2.06. The fraction of sp³-hybridized carbons (Fsp3) is 0.400. The summed E-state index contributed by atoms with van der Waals surface area (Å²) in [7, 11) is 0. The molecule has 0 bridgehead atoms. The monoisotopic (exact) mass is 192 g/mol. The number of ether oxygens (including phenoxy) is 1. The van der Waals surface area contributed by atoms with Crippen molar-refractivity contribution in [3.63, 3.8) is 0 Å². The third kappa shape index (κ3) is 1.43. The molecule has 2 N–H and O–H groups in total. The van der Waals surface area contributed by atoms with Crippen LogP contribution in [0.1, 0.15) is 30.7 Å². The molecule has 1 aliphatic rings. The molecule has 0 saturated carbocycles. The highest BCUT2D eigenvalue weighted by Gasteiger charge is 2.27. The number of hydrogen-bond acceptors (Lipinski definition) is 4. The molecule has 0 aromatic carbocycles. The summed E-state index contributed by atoms with van der Waals surface area (Å²) >= 11 is 0. The van der Waals surface area contributed by atoms with E-state index in [4.69, 9.17) is 10.5 Å². The number of rotatable bonds is 1. The maximum Gasteiger partial charge on any atom is 0.303 e. The lowest BCUT2D eigenvalue weighted by Gasteiger charge is -2.10. The maximum absolute atomic E-state index is 10.8. The van der Waals surface area contributed by atoms with Gasteiger partial charge in [-0.2, -0.15) is 0 Å². The predicted octanol–water partition coefficient (Wildman–Crippen LogP) is 1.21. The van der Waals surface area contributed by atoms with Crippen LogP contribution in [0.5, 0.6) is 0 Å². The van der Waals surface area contributed by atoms with Crippen LogP contribution in [-0.4, -0.2) is 11.0 Å². The summed E-state index contributed by atoms with van der Waals surface area (Å²) in [4.78, 5) is 15.0. The molecule has 0 saturated heterocycles. The fourth-order valence-electron chi connectivity index (χ4n) is 1.80. The zero-order valence-electron chi connectivity index (χ0n) is 7.99. The van der Waals surface area contributed by atoms with Crippen LogP contribution >= 0.6 is 0 Å². The van der Waals surface area contributed by atoms with Crippen LogP contribution in [0.25, 0.3) is 0 Å². The van der Waals surface area contributed by atoms with Gasteiger partial charge in [-0.05, 0) is 18.9 Å². The van der Waals surface area contributed by atoms with Crippen molar-refractivity contribution in [1.29, 1.82) is 0 Å². The second-order valence-corrected chi connectivity index (χ2v) is 3.40. The molecule has 1 heterocycles. The van der Waals surface area contributed by atoms with E-state index in [1.807, 2.05) is 0 Å². The number of carbonyl (C=O) groups excluding carboxylic acids is 1. The van der Waals surface area contributed by atoms with Crippen LogP contribution in [0, 0.1) is 0 Å². The molecule has 1 aromatic heterocycles. The van der Waals surface area contributed by atoms with Gasteiger partial charge in [-0.1, -0.05) is 0 Å². The minimum absolute atomic E-state index is 0.203. The Morgan fingerprint density at radius 2 is 2.50 bits per heavy atom. The van der Waals surface area contributed by atoms with Crippen molar-refractivity contribution in [2.75, 3.05) is 5.73 Å². The molecule has 74 valence electrons. The normalized spacial score (nSPS) is 19.1. The van der Waals surface area contributed by atoms with Gasteiger partial charge in [-0.3, -0.25) is 9.78 Å². The first-order valence-electron chi connectivity index (χ1n) is 4.59. The Hall–Kier alpha value is -1.58. The van der Waals surface area contributed by atoms with Crippen molar-refractivity contribution in [2.45, 2.75) is 25.9 Å². The van der Waals surface area contributed by atoms with E-state index in [0.717, 1.165) is 29.8 Å². The minimum Gasteiger partial charge on any atom is -0.456 e. The van der Waals surface area contributed by atoms with Crippen molar-refractivity contribution < 1.29 is 9.53 Å². The third-order valence-electron chi connectivity index (χ3n) is 2.40. The van der Waals surface area contributed by atoms with Gasteiger partial charge >= 0.3 is 5.97 Å². The zero-order valence-corrected chi connectivity index (χ0v) is 7.99. The Bertz CT molecular complexity index is 376. The number of nitrogens with zero attached hydrogens (tertiary/aromatic N) is 1. The zero-order chi connectivity index (χ0) is 10.1. The molecule has 1 aliphatic carbocycles. The van der Waals surface area contributed by atoms with Gasteiger partial charge in [-0.15, -0.1) is 0 Å². The topological polar surface area (TPSA) is 65.2 Å². The molecule has 0 amide bonds. The van der Waals surface area contributed by atoms with E-state index in [0.29, 0.717) is 0 Å². The van der Waals surface area contributed by atoms with E-state index in [1.165, 1.54) is 6.92 Å². The summed E-state index contributed by atoms with van der Waals surface area (Å²) in [6.07, 6.45) is 3.07. The number of nitrogen functional groups attached to an aromatic ring is 1. The lowest BCUT2D eigenvalue weighted by molar-refractivity contribution is -0.146. The van der Waals surface area contributed by atoms with Gasteiger partial charge in [0.05, 0.1) is 5.69 Å². The summed E-state index contributed by atoms with van der Waals surface area (Å²) in [5.41, 5.74) is 8.37. The number of nitrogens with two attached hydrogens (primary N) is 1. The van der Waals surface area contributed by atoms with Crippen LogP contribution < -0.4 is 5.73 Å². The Balaban J connectivity index is 2.30. The molecule has 0 spiro atoms.